The molecule has 126 valence electrons. The smallest absolute Gasteiger partial charge is 0.297 e. The summed E-state index contributed by atoms with van der Waals surface area (Å²) in [6.07, 6.45) is 1.62. The quantitative estimate of drug-likeness (QED) is 0.689. The van der Waals surface area contributed by atoms with Gasteiger partial charge in [-0.3, -0.25) is 9.59 Å². The van der Waals surface area contributed by atoms with Crippen LogP contribution in [0.5, 0.6) is 0 Å². The summed E-state index contributed by atoms with van der Waals surface area (Å²) in [5, 5.41) is 17.4. The first-order valence-electron chi connectivity index (χ1n) is 6.94. The number of nitrogens with one attached hydrogen (secondary N) is 1. The van der Waals surface area contributed by atoms with Crippen molar-refractivity contribution in [3.8, 4) is 0 Å². The molecule has 1 N–H and O–H groups in total. The number of hydrogen-bond donors (Lipinski definition) is 1. The summed E-state index contributed by atoms with van der Waals surface area (Å²) >= 11 is 3.83. The Bertz CT molecular complexity index is 925. The van der Waals surface area contributed by atoms with Crippen LogP contribution in [-0.2, 0) is 10.2 Å². The molecule has 3 rings (SSSR count). The molecule has 3 aromatic heterocycles. The van der Waals surface area contributed by atoms with Crippen molar-refractivity contribution in [3.05, 3.63) is 27.6 Å². The third-order valence-corrected chi connectivity index (χ3v) is 5.61. The summed E-state index contributed by atoms with van der Waals surface area (Å²) in [6, 6.07) is 0. The standard InChI is InChI=1S/C13H14N6O2S3/c1-13(2,3)8-9(21)19-11(17-16-8)24-12(18-19)23-6-7(20)15-10-14-4-5-22-10/h4-5H,6H2,1-3H3,(H,14,15,20). The Morgan fingerprint density at radius 2 is 2.17 bits per heavy atom. The highest BCUT2D eigenvalue weighted by atomic mass is 32.2. The van der Waals surface area contributed by atoms with Crippen molar-refractivity contribution in [1.29, 1.82) is 0 Å². The molecule has 11 heteroatoms. The van der Waals surface area contributed by atoms with Crippen LogP contribution < -0.4 is 10.9 Å². The van der Waals surface area contributed by atoms with Crippen LogP contribution in [0.3, 0.4) is 0 Å². The summed E-state index contributed by atoms with van der Waals surface area (Å²) in [7, 11) is 0. The van der Waals surface area contributed by atoms with Crippen LogP contribution in [0.1, 0.15) is 26.5 Å². The molecule has 0 unspecified atom stereocenters. The van der Waals surface area contributed by atoms with Crippen molar-refractivity contribution in [2.24, 2.45) is 0 Å². The second-order valence-electron chi connectivity index (χ2n) is 5.84. The number of thiazole rings is 1. The van der Waals surface area contributed by atoms with E-state index in [0.29, 0.717) is 20.1 Å². The summed E-state index contributed by atoms with van der Waals surface area (Å²) in [6.45, 7) is 5.70. The van der Waals surface area contributed by atoms with E-state index in [1.807, 2.05) is 20.8 Å². The van der Waals surface area contributed by atoms with Crippen LogP contribution in [0, 0.1) is 0 Å². The summed E-state index contributed by atoms with van der Waals surface area (Å²) in [4.78, 5) is 28.7. The number of hydrogen-bond acceptors (Lipinski definition) is 9. The molecule has 0 aliphatic rings. The average Bonchev–Trinajstić information content (AvgIpc) is 3.13. The van der Waals surface area contributed by atoms with Gasteiger partial charge in [0.2, 0.25) is 10.9 Å². The predicted octanol–water partition coefficient (Wildman–Crippen LogP) is 2.03. The van der Waals surface area contributed by atoms with Gasteiger partial charge in [-0.1, -0.05) is 43.9 Å². The average molecular weight is 382 g/mol. The molecule has 24 heavy (non-hydrogen) atoms. The summed E-state index contributed by atoms with van der Waals surface area (Å²) in [5.41, 5.74) is -0.318. The number of thioether (sulfide) groups is 1. The number of carbonyl (C=O) groups excluding carboxylic acids is 1. The SMILES string of the molecule is CC(C)(C)c1nnc2sc(SCC(=O)Nc3nccs3)nn2c1=O. The maximum Gasteiger partial charge on any atom is 0.297 e. The van der Waals surface area contributed by atoms with Gasteiger partial charge < -0.3 is 5.32 Å². The zero-order valence-electron chi connectivity index (χ0n) is 13.1. The Kier molecular flexibility index (Phi) is 4.65. The Hall–Kier alpha value is -1.85. The van der Waals surface area contributed by atoms with Crippen LogP contribution >= 0.6 is 34.4 Å². The fraction of sp³-hybridized carbons (Fsp3) is 0.385. The zero-order chi connectivity index (χ0) is 17.3. The highest BCUT2D eigenvalue weighted by Crippen LogP contribution is 2.24. The largest absolute Gasteiger partial charge is 0.301 e. The minimum absolute atomic E-state index is 0.174. The molecule has 3 heterocycles. The molecule has 0 fully saturated rings. The third-order valence-electron chi connectivity index (χ3n) is 2.89. The van der Waals surface area contributed by atoms with Gasteiger partial charge in [0.15, 0.2) is 9.47 Å². The van der Waals surface area contributed by atoms with Gasteiger partial charge in [-0.25, -0.2) is 4.98 Å². The van der Waals surface area contributed by atoms with E-state index >= 15 is 0 Å². The molecule has 0 aliphatic heterocycles. The zero-order valence-corrected chi connectivity index (χ0v) is 15.6. The van der Waals surface area contributed by atoms with Gasteiger partial charge in [0.25, 0.3) is 5.56 Å². The lowest BCUT2D eigenvalue weighted by atomic mass is 9.93. The van der Waals surface area contributed by atoms with Crippen LogP contribution in [0.2, 0.25) is 0 Å². The third kappa shape index (κ3) is 3.62. The molecule has 0 saturated heterocycles. The van der Waals surface area contributed by atoms with Gasteiger partial charge in [-0.2, -0.15) is 4.52 Å². The molecule has 8 nitrogen and oxygen atoms in total. The van der Waals surface area contributed by atoms with E-state index < -0.39 is 5.41 Å². The monoisotopic (exact) mass is 382 g/mol. The fourth-order valence-corrected chi connectivity index (χ4v) is 4.01. The molecule has 0 saturated carbocycles. The first-order chi connectivity index (χ1) is 11.3. The molecule has 0 aliphatic carbocycles. The van der Waals surface area contributed by atoms with E-state index in [2.05, 4.69) is 25.6 Å². The number of carbonyl (C=O) groups is 1. The van der Waals surface area contributed by atoms with Crippen LogP contribution in [-0.4, -0.2) is 36.5 Å². The lowest BCUT2D eigenvalue weighted by molar-refractivity contribution is -0.113. The highest BCUT2D eigenvalue weighted by molar-refractivity contribution is 8.01. The number of amides is 1. The van der Waals surface area contributed by atoms with Crippen molar-refractivity contribution in [3.63, 3.8) is 0 Å². The number of anilines is 1. The second kappa shape index (κ2) is 6.57. The van der Waals surface area contributed by atoms with Crippen molar-refractivity contribution < 1.29 is 4.79 Å². The van der Waals surface area contributed by atoms with E-state index in [1.54, 1.807) is 11.6 Å². The topological polar surface area (TPSA) is 102 Å². The number of aromatic nitrogens is 5. The molecular weight excluding hydrogens is 368 g/mol. The first-order valence-corrected chi connectivity index (χ1v) is 9.62. The van der Waals surface area contributed by atoms with Gasteiger partial charge in [0.1, 0.15) is 5.69 Å². The van der Waals surface area contributed by atoms with Gasteiger partial charge in [0, 0.05) is 17.0 Å². The fourth-order valence-electron chi connectivity index (χ4n) is 1.79. The van der Waals surface area contributed by atoms with E-state index in [1.165, 1.54) is 39.0 Å². The van der Waals surface area contributed by atoms with Crippen molar-refractivity contribution in [2.45, 2.75) is 30.5 Å². The molecule has 0 radical (unpaired) electrons. The summed E-state index contributed by atoms with van der Waals surface area (Å²) in [5.74, 6) is -0.00345. The lowest BCUT2D eigenvalue weighted by Gasteiger charge is -2.14. The van der Waals surface area contributed by atoms with Crippen molar-refractivity contribution in [2.75, 3.05) is 11.1 Å². The summed E-state index contributed by atoms with van der Waals surface area (Å²) < 4.78 is 1.83. The molecule has 0 spiro atoms. The van der Waals surface area contributed by atoms with Gasteiger partial charge >= 0.3 is 0 Å². The van der Waals surface area contributed by atoms with E-state index in [-0.39, 0.29) is 17.2 Å². The number of fused-ring (bicyclic) bond motifs is 1. The van der Waals surface area contributed by atoms with Crippen molar-refractivity contribution in [1.82, 2.24) is 24.8 Å². The Morgan fingerprint density at radius 1 is 1.38 bits per heavy atom. The van der Waals surface area contributed by atoms with Gasteiger partial charge in [-0.15, -0.1) is 26.6 Å². The van der Waals surface area contributed by atoms with E-state index in [0.717, 1.165) is 0 Å². The van der Waals surface area contributed by atoms with Gasteiger partial charge in [0.05, 0.1) is 5.75 Å². The Morgan fingerprint density at radius 3 is 2.83 bits per heavy atom. The molecule has 0 bridgehead atoms. The predicted molar refractivity (Wildman–Crippen MR) is 95.1 cm³/mol. The van der Waals surface area contributed by atoms with Gasteiger partial charge in [-0.05, 0) is 0 Å². The lowest BCUT2D eigenvalue weighted by Crippen LogP contribution is -2.30. The maximum absolute atomic E-state index is 12.4. The molecular formula is C13H14N6O2S3. The van der Waals surface area contributed by atoms with Crippen LogP contribution in [0.4, 0.5) is 5.13 Å². The minimum Gasteiger partial charge on any atom is -0.301 e. The molecule has 1 amide bonds. The Labute approximate surface area is 149 Å². The highest BCUT2D eigenvalue weighted by Gasteiger charge is 2.23. The normalized spacial score (nSPS) is 11.8. The number of rotatable bonds is 4. The van der Waals surface area contributed by atoms with Crippen LogP contribution in [0.15, 0.2) is 20.7 Å². The second-order valence-corrected chi connectivity index (χ2v) is 8.91. The van der Waals surface area contributed by atoms with E-state index in [4.69, 9.17) is 0 Å². The molecule has 0 atom stereocenters. The Balaban J connectivity index is 1.75. The van der Waals surface area contributed by atoms with Crippen LogP contribution in [0.25, 0.3) is 4.96 Å². The van der Waals surface area contributed by atoms with E-state index in [9.17, 15) is 9.59 Å². The maximum atomic E-state index is 12.4. The first kappa shape index (κ1) is 17.0. The van der Waals surface area contributed by atoms with Crippen molar-refractivity contribution >= 4 is 50.4 Å². The number of nitrogens with zero attached hydrogens (tertiary/aromatic N) is 5. The molecule has 3 aromatic rings. The minimum atomic E-state index is -0.407. The molecule has 0 aromatic carbocycles.